The highest BCUT2D eigenvalue weighted by Gasteiger charge is 2.30. The number of halogens is 1. The summed E-state index contributed by atoms with van der Waals surface area (Å²) in [5.41, 5.74) is 0.0890. The fourth-order valence-corrected chi connectivity index (χ4v) is 7.36. The SMILES string of the molecule is O=C(NC1CCC(n2c(=O)c3cc(F)cnc3n(C3CCSCC3)c2=O)CC1)c1cc2nccnc2s1. The van der Waals surface area contributed by atoms with Gasteiger partial charge >= 0.3 is 5.69 Å². The third-order valence-electron chi connectivity index (χ3n) is 7.27. The third-order valence-corrected chi connectivity index (χ3v) is 9.35. The molecule has 0 unspecified atom stereocenters. The van der Waals surface area contributed by atoms with Crippen LogP contribution in [0.3, 0.4) is 0 Å². The molecule has 37 heavy (non-hydrogen) atoms. The molecule has 5 heterocycles. The Balaban J connectivity index is 1.25. The Morgan fingerprint density at radius 1 is 0.946 bits per heavy atom. The van der Waals surface area contributed by atoms with Gasteiger partial charge in [0.1, 0.15) is 21.8 Å². The lowest BCUT2D eigenvalue weighted by molar-refractivity contribution is 0.0926. The van der Waals surface area contributed by atoms with Gasteiger partial charge in [-0.25, -0.2) is 19.2 Å². The number of pyridine rings is 1. The first-order chi connectivity index (χ1) is 18.0. The summed E-state index contributed by atoms with van der Waals surface area (Å²) in [5.74, 6) is 1.08. The van der Waals surface area contributed by atoms with Crippen molar-refractivity contribution in [2.75, 3.05) is 11.5 Å². The topological polar surface area (TPSA) is 112 Å². The molecule has 192 valence electrons. The zero-order chi connectivity index (χ0) is 25.5. The van der Waals surface area contributed by atoms with Gasteiger partial charge in [0.2, 0.25) is 0 Å². The fourth-order valence-electron chi connectivity index (χ4n) is 5.42. The Morgan fingerprint density at radius 3 is 2.43 bits per heavy atom. The lowest BCUT2D eigenvalue weighted by atomic mass is 9.91. The molecule has 1 N–H and O–H groups in total. The van der Waals surface area contributed by atoms with Crippen LogP contribution in [0.4, 0.5) is 4.39 Å². The number of amides is 1. The number of rotatable bonds is 4. The average molecular weight is 541 g/mol. The van der Waals surface area contributed by atoms with Crippen LogP contribution < -0.4 is 16.6 Å². The van der Waals surface area contributed by atoms with E-state index < -0.39 is 11.4 Å². The predicted octanol–water partition coefficient (Wildman–Crippen LogP) is 3.68. The maximum absolute atomic E-state index is 14.1. The number of carbonyl (C=O) groups is 1. The summed E-state index contributed by atoms with van der Waals surface area (Å²) in [6, 6.07) is 2.48. The van der Waals surface area contributed by atoms with Gasteiger partial charge in [0, 0.05) is 30.5 Å². The van der Waals surface area contributed by atoms with Crippen molar-refractivity contribution in [2.45, 2.75) is 56.7 Å². The molecule has 0 aromatic carbocycles. The quantitative estimate of drug-likeness (QED) is 0.420. The van der Waals surface area contributed by atoms with E-state index in [1.807, 2.05) is 11.8 Å². The molecule has 6 rings (SSSR count). The van der Waals surface area contributed by atoms with Gasteiger partial charge in [-0.15, -0.1) is 11.3 Å². The Labute approximate surface area is 219 Å². The first-order valence-corrected chi connectivity index (χ1v) is 14.4. The van der Waals surface area contributed by atoms with E-state index in [1.165, 1.54) is 22.0 Å². The monoisotopic (exact) mass is 540 g/mol. The Morgan fingerprint density at radius 2 is 1.68 bits per heavy atom. The fraction of sp³-hybridized carbons (Fsp3) is 0.440. The van der Waals surface area contributed by atoms with E-state index in [0.29, 0.717) is 40.9 Å². The summed E-state index contributed by atoms with van der Waals surface area (Å²) >= 11 is 3.14. The molecule has 1 aliphatic carbocycles. The third kappa shape index (κ3) is 4.56. The van der Waals surface area contributed by atoms with Gasteiger partial charge in [0.15, 0.2) is 0 Å². The van der Waals surface area contributed by atoms with Crippen LogP contribution in [-0.2, 0) is 0 Å². The van der Waals surface area contributed by atoms with Crippen LogP contribution in [0.5, 0.6) is 0 Å². The van der Waals surface area contributed by atoms with E-state index in [-0.39, 0.29) is 40.8 Å². The zero-order valence-electron chi connectivity index (χ0n) is 19.9. The normalized spacial score (nSPS) is 20.9. The molecule has 0 spiro atoms. The van der Waals surface area contributed by atoms with E-state index >= 15 is 0 Å². The second-order valence-corrected chi connectivity index (χ2v) is 11.8. The van der Waals surface area contributed by atoms with Crippen molar-refractivity contribution in [3.8, 4) is 0 Å². The molecular formula is C25H25FN6O3S2. The van der Waals surface area contributed by atoms with Gasteiger partial charge in [-0.2, -0.15) is 11.8 Å². The summed E-state index contributed by atoms with van der Waals surface area (Å²) < 4.78 is 17.0. The standard InChI is InChI=1S/C25H25FN6O3S2/c26-14-11-18-21(29-13-14)31(17-5-9-36-10-6-17)25(35)32(24(18)34)16-3-1-15(2-4-16)30-22(33)20-12-19-23(37-20)28-8-7-27-19/h7-8,11-13,15-17H,1-6,9-10H2,(H,30,33). The highest BCUT2D eigenvalue weighted by molar-refractivity contribution is 7.99. The van der Waals surface area contributed by atoms with E-state index in [0.717, 1.165) is 30.5 Å². The molecule has 0 bridgehead atoms. The van der Waals surface area contributed by atoms with Crippen LogP contribution in [0.25, 0.3) is 21.4 Å². The molecule has 2 fully saturated rings. The molecule has 1 saturated heterocycles. The van der Waals surface area contributed by atoms with Crippen molar-refractivity contribution in [3.63, 3.8) is 0 Å². The molecule has 12 heteroatoms. The summed E-state index contributed by atoms with van der Waals surface area (Å²) in [5, 5.41) is 3.22. The molecule has 0 atom stereocenters. The maximum atomic E-state index is 14.1. The van der Waals surface area contributed by atoms with Gasteiger partial charge in [0.05, 0.1) is 16.5 Å². The second-order valence-electron chi connectivity index (χ2n) is 9.53. The minimum Gasteiger partial charge on any atom is -0.349 e. The van der Waals surface area contributed by atoms with E-state index in [9.17, 15) is 18.8 Å². The second kappa shape index (κ2) is 9.97. The maximum Gasteiger partial charge on any atom is 0.333 e. The van der Waals surface area contributed by atoms with Crippen molar-refractivity contribution in [1.29, 1.82) is 0 Å². The number of thiophene rings is 1. The summed E-state index contributed by atoms with van der Waals surface area (Å²) in [4.78, 5) is 53.9. The predicted molar refractivity (Wildman–Crippen MR) is 142 cm³/mol. The molecule has 1 aliphatic heterocycles. The van der Waals surface area contributed by atoms with Crippen LogP contribution in [0.2, 0.25) is 0 Å². The van der Waals surface area contributed by atoms with E-state index in [1.54, 1.807) is 23.0 Å². The zero-order valence-corrected chi connectivity index (χ0v) is 21.6. The van der Waals surface area contributed by atoms with Crippen molar-refractivity contribution in [3.05, 3.63) is 62.3 Å². The molecule has 1 amide bonds. The van der Waals surface area contributed by atoms with Gasteiger partial charge < -0.3 is 5.32 Å². The average Bonchev–Trinajstić information content (AvgIpc) is 3.36. The van der Waals surface area contributed by atoms with Crippen molar-refractivity contribution in [2.24, 2.45) is 0 Å². The van der Waals surface area contributed by atoms with Crippen LogP contribution >= 0.6 is 23.1 Å². The first kappa shape index (κ1) is 24.2. The molecular weight excluding hydrogens is 515 g/mol. The van der Waals surface area contributed by atoms with Crippen LogP contribution in [0, 0.1) is 5.82 Å². The number of thioether (sulfide) groups is 1. The minimum atomic E-state index is -0.599. The molecule has 4 aromatic rings. The van der Waals surface area contributed by atoms with E-state index in [2.05, 4.69) is 20.3 Å². The Bertz CT molecular complexity index is 1570. The smallest absolute Gasteiger partial charge is 0.333 e. The minimum absolute atomic E-state index is 0.0669. The van der Waals surface area contributed by atoms with Crippen LogP contribution in [-0.4, -0.2) is 47.5 Å². The number of fused-ring (bicyclic) bond motifs is 2. The number of nitrogens with one attached hydrogen (secondary N) is 1. The number of hydrogen-bond donors (Lipinski definition) is 1. The first-order valence-electron chi connectivity index (χ1n) is 12.4. The molecule has 4 aromatic heterocycles. The van der Waals surface area contributed by atoms with Gasteiger partial charge in [-0.05, 0) is 62.2 Å². The summed E-state index contributed by atoms with van der Waals surface area (Å²) in [6.07, 6.45) is 8.24. The summed E-state index contributed by atoms with van der Waals surface area (Å²) in [6.45, 7) is 0. The van der Waals surface area contributed by atoms with Gasteiger partial charge in [-0.1, -0.05) is 0 Å². The number of aromatic nitrogens is 5. The highest BCUT2D eigenvalue weighted by atomic mass is 32.2. The van der Waals surface area contributed by atoms with Gasteiger partial charge in [0.25, 0.3) is 11.5 Å². The van der Waals surface area contributed by atoms with Crippen molar-refractivity contribution in [1.82, 2.24) is 29.4 Å². The summed E-state index contributed by atoms with van der Waals surface area (Å²) in [7, 11) is 0. The Kier molecular flexibility index (Phi) is 6.53. The van der Waals surface area contributed by atoms with E-state index in [4.69, 9.17) is 0 Å². The lowest BCUT2D eigenvalue weighted by Crippen LogP contribution is -2.46. The van der Waals surface area contributed by atoms with Crippen molar-refractivity contribution >= 4 is 50.4 Å². The lowest BCUT2D eigenvalue weighted by Gasteiger charge is -2.31. The molecule has 9 nitrogen and oxygen atoms in total. The molecule has 1 saturated carbocycles. The molecule has 0 radical (unpaired) electrons. The van der Waals surface area contributed by atoms with Crippen LogP contribution in [0.1, 0.15) is 60.3 Å². The largest absolute Gasteiger partial charge is 0.349 e. The highest BCUT2D eigenvalue weighted by Crippen LogP contribution is 2.30. The van der Waals surface area contributed by atoms with Crippen LogP contribution in [0.15, 0.2) is 40.3 Å². The Hall–Kier alpha value is -3.12. The number of hydrogen-bond acceptors (Lipinski definition) is 8. The van der Waals surface area contributed by atoms with Gasteiger partial charge in [-0.3, -0.25) is 23.7 Å². The van der Waals surface area contributed by atoms with Crippen molar-refractivity contribution < 1.29 is 9.18 Å². The molecule has 2 aliphatic rings. The number of nitrogens with zero attached hydrogens (tertiary/aromatic N) is 5. The number of carbonyl (C=O) groups excluding carboxylic acids is 1.